The Labute approximate surface area is 553 Å². The first-order valence-electron chi connectivity index (χ1n) is 25.3. The van der Waals surface area contributed by atoms with Gasteiger partial charge in [-0.25, -0.2) is 0 Å². The molecule has 28 heteroatoms. The van der Waals surface area contributed by atoms with E-state index in [1.807, 2.05) is 64.1 Å². The lowest BCUT2D eigenvalue weighted by Gasteiger charge is -2.35. The summed E-state index contributed by atoms with van der Waals surface area (Å²) in [5.74, 6) is 0.0180. The van der Waals surface area contributed by atoms with Crippen LogP contribution in [0.4, 0.5) is 0 Å². The van der Waals surface area contributed by atoms with Gasteiger partial charge in [-0.15, -0.1) is 23.5 Å². The topological polar surface area (TPSA) is 200 Å². The van der Waals surface area contributed by atoms with Crippen LogP contribution < -0.4 is 31.9 Å². The summed E-state index contributed by atoms with van der Waals surface area (Å²) < 4.78 is 13.2. The third-order valence-electron chi connectivity index (χ3n) is 15.5. The molecule has 0 bridgehead atoms. The highest BCUT2D eigenvalue weighted by Gasteiger charge is 2.57. The van der Waals surface area contributed by atoms with Crippen LogP contribution in [0.15, 0.2) is 48.5 Å². The Morgan fingerprint density at radius 2 is 0.900 bits per heavy atom. The number of nitrogens with zero attached hydrogens (tertiary/aromatic N) is 2. The maximum atomic E-state index is 14.6. The Morgan fingerprint density at radius 1 is 0.562 bits per heavy atom. The second-order valence-corrected chi connectivity index (χ2v) is 23.9. The van der Waals surface area contributed by atoms with E-state index >= 15 is 0 Å². The molecule has 4 aliphatic heterocycles. The molecule has 0 unspecified atom stereocenters. The zero-order chi connectivity index (χ0) is 50.1. The number of carbonyl (C=O) groups is 6. The van der Waals surface area contributed by atoms with Crippen molar-refractivity contribution in [3.05, 3.63) is 70.8 Å². The minimum absolute atomic E-state index is 0. The molecule has 4 heterocycles. The molecule has 0 aromatic heterocycles. The van der Waals surface area contributed by atoms with Crippen molar-refractivity contribution < 1.29 is 38.2 Å². The van der Waals surface area contributed by atoms with E-state index in [9.17, 15) is 28.8 Å². The average Bonchev–Trinajstić information content (AvgIpc) is 3.97. The number of likely N-dealkylation sites (N-methyl/N-ethyl adjacent to an activating group) is 2. The van der Waals surface area contributed by atoms with Crippen molar-refractivity contribution in [2.75, 3.05) is 38.8 Å². The highest BCUT2D eigenvalue weighted by molar-refractivity contribution is 8.00. The first-order valence-corrected chi connectivity index (χ1v) is 27.4. The molecule has 6 N–H and O–H groups in total. The number of unbranched alkanes of at least 4 members (excludes halogenated alkanes) is 1. The van der Waals surface area contributed by atoms with Gasteiger partial charge in [0.2, 0.25) is 35.4 Å². The van der Waals surface area contributed by atoms with Crippen LogP contribution in [0.5, 0.6) is 0 Å². The fourth-order valence-electron chi connectivity index (χ4n) is 11.5. The van der Waals surface area contributed by atoms with E-state index < -0.39 is 59.2 Å². The normalized spacial score (nSPS) is 26.7. The lowest BCUT2D eigenvalue weighted by Crippen LogP contribution is -2.58. The summed E-state index contributed by atoms with van der Waals surface area (Å²) >= 11 is 3.35. The van der Waals surface area contributed by atoms with E-state index in [0.29, 0.717) is 76.1 Å². The van der Waals surface area contributed by atoms with Crippen molar-refractivity contribution in [1.82, 2.24) is 41.7 Å². The van der Waals surface area contributed by atoms with Crippen molar-refractivity contribution in [3.63, 3.8) is 0 Å². The quantitative estimate of drug-likeness (QED) is 0.118. The van der Waals surface area contributed by atoms with Crippen LogP contribution >= 0.6 is 158 Å². The molecular formula is C52H94N8O8S12. The Kier molecular flexibility index (Phi) is 38.0. The monoisotopic (exact) mass is 1340 g/mol. The minimum atomic E-state index is -0.728. The molecule has 12 atom stereocenters. The van der Waals surface area contributed by atoms with Crippen LogP contribution in [0, 0.1) is 10.8 Å². The smallest absolute Gasteiger partial charge is 0.246 e. The molecule has 0 saturated carbocycles. The number of ether oxygens (including phenoxy) is 2. The summed E-state index contributed by atoms with van der Waals surface area (Å²) in [7, 11) is 3.41. The number of rotatable bonds is 17. The van der Waals surface area contributed by atoms with Gasteiger partial charge >= 0.3 is 0 Å². The van der Waals surface area contributed by atoms with Crippen molar-refractivity contribution in [2.24, 2.45) is 10.8 Å². The molecule has 4 fully saturated rings. The Bertz CT molecular complexity index is 2160. The van der Waals surface area contributed by atoms with Gasteiger partial charge in [-0.2, -0.15) is 135 Å². The standard InChI is InChI=1S/C52H74N8O8S2.10H2S/c1-29(53-7)45(61)55-35-19-23-69-39-27-51(3,4)43(59(39)49(35)65)47(63)57-41-33-17-11-9-15-31(33)25-37(41)67-21-13-14-22-68-38-26-32-16-10-12-18-34(32)42(38)58-48(64)44-52(5,6)28-40-60(44)50(66)36(20-24-70-40)56-46(62)30(2)54-8;;;;;;;;;;/h9-12,15-18,29-30,35-44,53-54H,13-14,19-28H2,1-8H3,(H,55,61)(H,56,62)(H,57,63)(H,58,64);10*1H2/t29-,30-,35-,36-,37+,38+,39-,40-,41-,42-,43+,44+;;;;;;;;;;/m0........../s1. The number of fused-ring (bicyclic) bond motifs is 4. The summed E-state index contributed by atoms with van der Waals surface area (Å²) in [6, 6.07) is 11.6. The van der Waals surface area contributed by atoms with Crippen LogP contribution in [0.3, 0.4) is 0 Å². The van der Waals surface area contributed by atoms with Crippen molar-refractivity contribution in [1.29, 1.82) is 0 Å². The van der Waals surface area contributed by atoms with E-state index in [2.05, 4.69) is 44.0 Å². The molecule has 6 aliphatic rings. The molecule has 2 aromatic carbocycles. The van der Waals surface area contributed by atoms with Gasteiger partial charge < -0.3 is 51.2 Å². The van der Waals surface area contributed by atoms with Gasteiger partial charge in [-0.1, -0.05) is 76.2 Å². The number of hydrogen-bond donors (Lipinski definition) is 6. The number of amides is 6. The van der Waals surface area contributed by atoms with Crippen LogP contribution in [0.2, 0.25) is 0 Å². The fraction of sp³-hybridized carbons (Fsp3) is 0.654. The molecule has 6 amide bonds. The van der Waals surface area contributed by atoms with Crippen LogP contribution in [-0.2, 0) is 51.1 Å². The van der Waals surface area contributed by atoms with Crippen molar-refractivity contribution in [3.8, 4) is 0 Å². The predicted octanol–water partition coefficient (Wildman–Crippen LogP) is 4.86. The Balaban J connectivity index is -0.00000593. The second-order valence-electron chi connectivity index (χ2n) is 21.4. The van der Waals surface area contributed by atoms with E-state index in [1.165, 1.54) is 0 Å². The summed E-state index contributed by atoms with van der Waals surface area (Å²) in [5.41, 5.74) is 3.23. The molecule has 2 aliphatic carbocycles. The molecule has 0 spiro atoms. The zero-order valence-electron chi connectivity index (χ0n) is 47.0. The first kappa shape index (κ1) is 83.5. The zero-order valence-corrected chi connectivity index (χ0v) is 58.6. The Hall–Kier alpha value is -0.700. The number of nitrogens with one attached hydrogen (secondary N) is 6. The van der Waals surface area contributed by atoms with E-state index in [-0.39, 0.29) is 193 Å². The van der Waals surface area contributed by atoms with Crippen LogP contribution in [0.1, 0.15) is 114 Å². The van der Waals surface area contributed by atoms with Gasteiger partial charge in [-0.3, -0.25) is 28.8 Å². The second kappa shape index (κ2) is 36.4. The maximum Gasteiger partial charge on any atom is 0.246 e. The summed E-state index contributed by atoms with van der Waals surface area (Å²) in [4.78, 5) is 87.0. The number of benzene rings is 2. The molecular weight excluding hydrogens is 1250 g/mol. The van der Waals surface area contributed by atoms with Crippen LogP contribution in [0.25, 0.3) is 0 Å². The third kappa shape index (κ3) is 18.4. The lowest BCUT2D eigenvalue weighted by atomic mass is 9.83. The van der Waals surface area contributed by atoms with Crippen LogP contribution in [-0.4, -0.2) is 143 Å². The summed E-state index contributed by atoms with van der Waals surface area (Å²) in [5, 5.41) is 18.1. The SMILES string of the molecule is CN[C@@H](C)C(=O)N[C@H]1CCS[C@H]2CC(C)(C)[C@@H](C(=O)N[C@H]3c4ccccc4C[C@H]3OCCCCO[C@@H]3Cc4ccccc4[C@@H]3NC(=O)[C@H]3N4C(=O)[C@@H](NC(=O)[C@H](C)NC)CCS[C@H]4CC3(C)C)N2C1=O.S.S.S.S.S.S.S.S.S.S. The summed E-state index contributed by atoms with van der Waals surface area (Å²) in [6.45, 7) is 12.6. The van der Waals surface area contributed by atoms with E-state index in [0.717, 1.165) is 22.3 Å². The molecule has 0 radical (unpaired) electrons. The third-order valence-corrected chi connectivity index (χ3v) is 18.0. The molecule has 16 nitrogen and oxygen atoms in total. The molecule has 462 valence electrons. The highest BCUT2D eigenvalue weighted by Crippen LogP contribution is 2.48. The largest absolute Gasteiger partial charge is 0.375 e. The van der Waals surface area contributed by atoms with Gasteiger partial charge in [0.05, 0.1) is 47.1 Å². The van der Waals surface area contributed by atoms with E-state index in [4.69, 9.17) is 9.47 Å². The first-order chi connectivity index (χ1) is 33.4. The van der Waals surface area contributed by atoms with Gasteiger partial charge in [0, 0.05) is 26.1 Å². The van der Waals surface area contributed by atoms with Crippen molar-refractivity contribution in [2.45, 2.75) is 164 Å². The highest BCUT2D eigenvalue weighted by atomic mass is 32.2. The molecule has 2 aromatic rings. The number of thioether (sulfide) groups is 2. The average molecular weight is 1340 g/mol. The van der Waals surface area contributed by atoms with Gasteiger partial charge in [0.1, 0.15) is 24.2 Å². The maximum absolute atomic E-state index is 14.6. The lowest BCUT2D eigenvalue weighted by molar-refractivity contribution is -0.144. The summed E-state index contributed by atoms with van der Waals surface area (Å²) in [6.07, 6.45) is 4.38. The minimum Gasteiger partial charge on any atom is -0.375 e. The Morgan fingerprint density at radius 3 is 1.24 bits per heavy atom. The van der Waals surface area contributed by atoms with Gasteiger partial charge in [0.25, 0.3) is 0 Å². The van der Waals surface area contributed by atoms with Gasteiger partial charge in [0.15, 0.2) is 0 Å². The predicted molar refractivity (Wildman–Crippen MR) is 375 cm³/mol. The number of carbonyl (C=O) groups excluding carboxylic acids is 6. The fourth-order valence-corrected chi connectivity index (χ4v) is 14.6. The molecule has 80 heavy (non-hydrogen) atoms. The van der Waals surface area contributed by atoms with Crippen molar-refractivity contribution >= 4 is 194 Å². The molecule has 4 saturated heterocycles. The van der Waals surface area contributed by atoms with E-state index in [1.54, 1.807) is 61.3 Å². The molecule has 8 rings (SSSR count). The number of hydrogen-bond acceptors (Lipinski definition) is 12. The van der Waals surface area contributed by atoms with Gasteiger partial charge in [-0.05, 0) is 111 Å².